The van der Waals surface area contributed by atoms with E-state index in [-0.39, 0.29) is 11.9 Å². The Morgan fingerprint density at radius 1 is 1.18 bits per heavy atom. The number of aryl methyl sites for hydroxylation is 1. The SMILES string of the molecule is Cn1ccnc1SC1CCC(NC(=O)c2cccc(Cn3cccn3)c2)CC1. The highest BCUT2D eigenvalue weighted by atomic mass is 32.2. The van der Waals surface area contributed by atoms with Crippen molar-refractivity contribution in [1.29, 1.82) is 0 Å². The Hall–Kier alpha value is -2.54. The van der Waals surface area contributed by atoms with Crippen LogP contribution in [0.1, 0.15) is 41.6 Å². The van der Waals surface area contributed by atoms with Crippen molar-refractivity contribution in [2.45, 2.75) is 48.7 Å². The van der Waals surface area contributed by atoms with Crippen molar-refractivity contribution in [3.8, 4) is 0 Å². The summed E-state index contributed by atoms with van der Waals surface area (Å²) in [6.07, 6.45) is 11.7. The highest BCUT2D eigenvalue weighted by Gasteiger charge is 2.24. The third-order valence-corrected chi connectivity index (χ3v) is 6.56. The van der Waals surface area contributed by atoms with Gasteiger partial charge in [0.2, 0.25) is 0 Å². The number of aromatic nitrogens is 4. The molecule has 1 aliphatic carbocycles. The van der Waals surface area contributed by atoms with Gasteiger partial charge in [-0.15, -0.1) is 0 Å². The third-order valence-electron chi connectivity index (χ3n) is 5.15. The average molecular weight is 396 g/mol. The fourth-order valence-corrected chi connectivity index (χ4v) is 4.76. The van der Waals surface area contributed by atoms with Crippen LogP contribution in [0.25, 0.3) is 0 Å². The van der Waals surface area contributed by atoms with Gasteiger partial charge in [-0.2, -0.15) is 5.10 Å². The van der Waals surface area contributed by atoms with Crippen molar-refractivity contribution in [1.82, 2.24) is 24.6 Å². The molecule has 0 aliphatic heterocycles. The van der Waals surface area contributed by atoms with Crippen LogP contribution in [0.5, 0.6) is 0 Å². The Bertz CT molecular complexity index is 913. The number of carbonyl (C=O) groups excluding carboxylic acids is 1. The molecule has 6 nitrogen and oxygen atoms in total. The van der Waals surface area contributed by atoms with E-state index in [1.165, 1.54) is 0 Å². The van der Waals surface area contributed by atoms with Crippen LogP contribution in [0, 0.1) is 0 Å². The number of rotatable bonds is 6. The summed E-state index contributed by atoms with van der Waals surface area (Å²) in [5, 5.41) is 9.09. The van der Waals surface area contributed by atoms with Crippen LogP contribution < -0.4 is 5.32 Å². The van der Waals surface area contributed by atoms with Gasteiger partial charge in [0.25, 0.3) is 5.91 Å². The lowest BCUT2D eigenvalue weighted by Crippen LogP contribution is -2.38. The second-order valence-corrected chi connectivity index (χ2v) is 8.56. The molecule has 0 unspecified atom stereocenters. The molecule has 0 bridgehead atoms. The van der Waals surface area contributed by atoms with E-state index >= 15 is 0 Å². The van der Waals surface area contributed by atoms with Crippen LogP contribution in [0.3, 0.4) is 0 Å². The summed E-state index contributed by atoms with van der Waals surface area (Å²) < 4.78 is 3.92. The minimum absolute atomic E-state index is 0.0162. The molecule has 1 saturated carbocycles. The molecule has 2 aromatic heterocycles. The summed E-state index contributed by atoms with van der Waals surface area (Å²) in [6.45, 7) is 0.670. The largest absolute Gasteiger partial charge is 0.349 e. The fraction of sp³-hybridized carbons (Fsp3) is 0.381. The second-order valence-electron chi connectivity index (χ2n) is 7.29. The van der Waals surface area contributed by atoms with E-state index in [1.807, 2.05) is 72.4 Å². The summed E-state index contributed by atoms with van der Waals surface area (Å²) in [5.74, 6) is 0.0162. The smallest absolute Gasteiger partial charge is 0.251 e. The van der Waals surface area contributed by atoms with E-state index in [4.69, 9.17) is 0 Å². The van der Waals surface area contributed by atoms with Crippen molar-refractivity contribution < 1.29 is 4.79 Å². The van der Waals surface area contributed by atoms with Crippen LogP contribution in [0.4, 0.5) is 0 Å². The Morgan fingerprint density at radius 3 is 2.75 bits per heavy atom. The zero-order valence-electron chi connectivity index (χ0n) is 16.0. The Labute approximate surface area is 169 Å². The molecule has 1 aromatic carbocycles. The number of imidazole rings is 1. The zero-order valence-corrected chi connectivity index (χ0v) is 16.8. The molecule has 4 rings (SSSR count). The number of hydrogen-bond acceptors (Lipinski definition) is 4. The molecule has 0 saturated heterocycles. The summed E-state index contributed by atoms with van der Waals surface area (Å²) in [4.78, 5) is 17.1. The summed E-state index contributed by atoms with van der Waals surface area (Å²) >= 11 is 1.85. The van der Waals surface area contributed by atoms with E-state index in [2.05, 4.69) is 20.0 Å². The topological polar surface area (TPSA) is 64.7 Å². The summed E-state index contributed by atoms with van der Waals surface area (Å²) in [5.41, 5.74) is 1.79. The first kappa shape index (κ1) is 18.8. The lowest BCUT2D eigenvalue weighted by Gasteiger charge is -2.28. The van der Waals surface area contributed by atoms with Crippen molar-refractivity contribution in [2.75, 3.05) is 0 Å². The van der Waals surface area contributed by atoms with Crippen molar-refractivity contribution in [3.63, 3.8) is 0 Å². The van der Waals surface area contributed by atoms with E-state index in [0.717, 1.165) is 36.4 Å². The second kappa shape index (κ2) is 8.65. The Balaban J connectivity index is 1.29. The normalized spacial score (nSPS) is 19.5. The zero-order chi connectivity index (χ0) is 19.3. The number of nitrogens with zero attached hydrogens (tertiary/aromatic N) is 4. The van der Waals surface area contributed by atoms with E-state index in [0.29, 0.717) is 17.4 Å². The number of benzene rings is 1. The maximum Gasteiger partial charge on any atom is 0.251 e. The molecule has 0 radical (unpaired) electrons. The van der Waals surface area contributed by atoms with Crippen LogP contribution in [-0.2, 0) is 13.6 Å². The predicted octanol–water partition coefficient (Wildman–Crippen LogP) is 3.50. The maximum absolute atomic E-state index is 12.7. The van der Waals surface area contributed by atoms with Crippen LogP contribution >= 0.6 is 11.8 Å². The van der Waals surface area contributed by atoms with Crippen molar-refractivity contribution >= 4 is 17.7 Å². The molecule has 1 fully saturated rings. The molecular weight excluding hydrogens is 370 g/mol. The van der Waals surface area contributed by atoms with Gasteiger partial charge in [-0.25, -0.2) is 4.98 Å². The van der Waals surface area contributed by atoms with Crippen LogP contribution in [0.2, 0.25) is 0 Å². The van der Waals surface area contributed by atoms with E-state index in [9.17, 15) is 4.79 Å². The molecule has 2 heterocycles. The first-order chi connectivity index (χ1) is 13.7. The number of amides is 1. The highest BCUT2D eigenvalue weighted by Crippen LogP contribution is 2.32. The van der Waals surface area contributed by atoms with Gasteiger partial charge < -0.3 is 9.88 Å². The standard InChI is InChI=1S/C21H25N5OS/c1-25-13-11-22-21(25)28-19-8-6-18(7-9-19)24-20(27)17-5-2-4-16(14-17)15-26-12-3-10-23-26/h2-5,10-14,18-19H,6-9,15H2,1H3,(H,24,27). The Morgan fingerprint density at radius 2 is 2.04 bits per heavy atom. The quantitative estimate of drug-likeness (QED) is 0.694. The molecular formula is C21H25N5OS. The van der Waals surface area contributed by atoms with Gasteiger partial charge in [0.05, 0.1) is 6.54 Å². The Kier molecular flexibility index (Phi) is 5.81. The monoisotopic (exact) mass is 395 g/mol. The molecule has 7 heteroatoms. The number of nitrogens with one attached hydrogen (secondary N) is 1. The minimum Gasteiger partial charge on any atom is -0.349 e. The van der Waals surface area contributed by atoms with Gasteiger partial charge in [-0.05, 0) is 49.4 Å². The lowest BCUT2D eigenvalue weighted by molar-refractivity contribution is 0.0928. The summed E-state index contributed by atoms with van der Waals surface area (Å²) in [7, 11) is 2.03. The van der Waals surface area contributed by atoms with Gasteiger partial charge >= 0.3 is 0 Å². The molecule has 28 heavy (non-hydrogen) atoms. The van der Waals surface area contributed by atoms with E-state index < -0.39 is 0 Å². The minimum atomic E-state index is 0.0162. The van der Waals surface area contributed by atoms with Crippen LogP contribution in [0.15, 0.2) is 60.3 Å². The van der Waals surface area contributed by atoms with Gasteiger partial charge in [0.15, 0.2) is 5.16 Å². The molecule has 0 spiro atoms. The van der Waals surface area contributed by atoms with Crippen LogP contribution in [-0.4, -0.2) is 36.5 Å². The van der Waals surface area contributed by atoms with Gasteiger partial charge in [0, 0.05) is 48.7 Å². The molecule has 0 atom stereocenters. The van der Waals surface area contributed by atoms with E-state index in [1.54, 1.807) is 6.20 Å². The van der Waals surface area contributed by atoms with Gasteiger partial charge in [-0.1, -0.05) is 23.9 Å². The number of hydrogen-bond donors (Lipinski definition) is 1. The molecule has 1 aliphatic rings. The molecule has 1 N–H and O–H groups in total. The number of thioether (sulfide) groups is 1. The third kappa shape index (κ3) is 4.65. The molecule has 1 amide bonds. The first-order valence-electron chi connectivity index (χ1n) is 9.68. The summed E-state index contributed by atoms with van der Waals surface area (Å²) in [6, 6.07) is 9.95. The lowest BCUT2D eigenvalue weighted by atomic mass is 9.94. The number of carbonyl (C=O) groups is 1. The molecule has 146 valence electrons. The molecule has 3 aromatic rings. The maximum atomic E-state index is 12.7. The highest BCUT2D eigenvalue weighted by molar-refractivity contribution is 7.99. The van der Waals surface area contributed by atoms with Gasteiger partial charge in [0.1, 0.15) is 0 Å². The fourth-order valence-electron chi connectivity index (χ4n) is 3.60. The van der Waals surface area contributed by atoms with Gasteiger partial charge in [-0.3, -0.25) is 9.48 Å². The van der Waals surface area contributed by atoms with Crippen molar-refractivity contribution in [2.24, 2.45) is 7.05 Å². The van der Waals surface area contributed by atoms with Crippen molar-refractivity contribution in [3.05, 3.63) is 66.2 Å². The first-order valence-corrected chi connectivity index (χ1v) is 10.6. The average Bonchev–Trinajstić information content (AvgIpc) is 3.36. The predicted molar refractivity (Wildman–Crippen MR) is 110 cm³/mol.